The lowest BCUT2D eigenvalue weighted by atomic mass is 10.1. The molecule has 2 nitrogen and oxygen atoms in total. The van der Waals surface area contributed by atoms with Crippen LogP contribution < -0.4 is 5.43 Å². The van der Waals surface area contributed by atoms with E-state index in [0.717, 1.165) is 4.34 Å². The van der Waals surface area contributed by atoms with Crippen molar-refractivity contribution in [2.24, 2.45) is 0 Å². The van der Waals surface area contributed by atoms with Crippen LogP contribution in [0.3, 0.4) is 0 Å². The quantitative estimate of drug-likeness (QED) is 0.876. The van der Waals surface area contributed by atoms with Crippen LogP contribution in [0.15, 0.2) is 11.4 Å². The summed E-state index contributed by atoms with van der Waals surface area (Å²) in [7, 11) is 0. The highest BCUT2D eigenvalue weighted by Crippen LogP contribution is 2.25. The smallest absolute Gasteiger partial charge is 0.0931 e. The number of halogens is 1. The van der Waals surface area contributed by atoms with Gasteiger partial charge in [-0.05, 0) is 36.8 Å². The molecule has 0 saturated carbocycles. The topological polar surface area (TPSA) is 15.3 Å². The molecule has 1 aliphatic rings. The molecule has 1 aromatic heterocycles. The van der Waals surface area contributed by atoms with Crippen LogP contribution in [0.1, 0.15) is 37.8 Å². The fraction of sp³-hybridized carbons (Fsp3) is 0.636. The van der Waals surface area contributed by atoms with Gasteiger partial charge in [-0.15, -0.1) is 11.3 Å². The van der Waals surface area contributed by atoms with Crippen molar-refractivity contribution in [1.29, 1.82) is 0 Å². The standard InChI is InChI=1S/C11H17ClN2S/c1-9(10-7-11(12)15-8-10)13-14-5-3-2-4-6-14/h7-9,13H,2-6H2,1H3. The second-order valence-electron chi connectivity index (χ2n) is 4.08. The minimum Gasteiger partial charge on any atom is -0.248 e. The zero-order chi connectivity index (χ0) is 10.7. The lowest BCUT2D eigenvalue weighted by molar-refractivity contribution is 0.133. The summed E-state index contributed by atoms with van der Waals surface area (Å²) in [5.41, 5.74) is 4.82. The third-order valence-corrected chi connectivity index (χ3v) is 3.93. The fourth-order valence-electron chi connectivity index (χ4n) is 1.92. The van der Waals surface area contributed by atoms with E-state index in [-0.39, 0.29) is 0 Å². The van der Waals surface area contributed by atoms with E-state index in [9.17, 15) is 0 Å². The van der Waals surface area contributed by atoms with E-state index >= 15 is 0 Å². The van der Waals surface area contributed by atoms with Gasteiger partial charge in [-0.3, -0.25) is 0 Å². The highest BCUT2D eigenvalue weighted by molar-refractivity contribution is 7.14. The van der Waals surface area contributed by atoms with Gasteiger partial charge in [0.05, 0.1) is 4.34 Å². The Labute approximate surface area is 100 Å². The minimum atomic E-state index is 0.367. The summed E-state index contributed by atoms with van der Waals surface area (Å²) in [6.07, 6.45) is 3.99. The zero-order valence-corrected chi connectivity index (χ0v) is 10.6. The summed E-state index contributed by atoms with van der Waals surface area (Å²) in [5.74, 6) is 0. The fourth-order valence-corrected chi connectivity index (χ4v) is 2.91. The van der Waals surface area contributed by atoms with Crippen LogP contribution in [-0.4, -0.2) is 18.1 Å². The first-order chi connectivity index (χ1) is 7.25. The van der Waals surface area contributed by atoms with Gasteiger partial charge in [-0.25, -0.2) is 10.4 Å². The molecule has 2 rings (SSSR count). The zero-order valence-electron chi connectivity index (χ0n) is 9.00. The summed E-state index contributed by atoms with van der Waals surface area (Å²) in [6.45, 7) is 4.53. The van der Waals surface area contributed by atoms with Crippen molar-refractivity contribution in [3.05, 3.63) is 21.3 Å². The molecule has 4 heteroatoms. The second kappa shape index (κ2) is 5.30. The molecule has 2 heterocycles. The first-order valence-corrected chi connectivity index (χ1v) is 6.76. The molecule has 1 unspecified atom stereocenters. The lowest BCUT2D eigenvalue weighted by Gasteiger charge is -2.30. The molecular weight excluding hydrogens is 228 g/mol. The van der Waals surface area contributed by atoms with Gasteiger partial charge >= 0.3 is 0 Å². The van der Waals surface area contributed by atoms with E-state index < -0.39 is 0 Å². The largest absolute Gasteiger partial charge is 0.248 e. The van der Waals surface area contributed by atoms with Crippen molar-refractivity contribution in [1.82, 2.24) is 10.4 Å². The van der Waals surface area contributed by atoms with Gasteiger partial charge in [0.2, 0.25) is 0 Å². The molecular formula is C11H17ClN2S. The summed E-state index contributed by atoms with van der Waals surface area (Å²) in [5, 5.41) is 4.46. The van der Waals surface area contributed by atoms with Crippen LogP contribution >= 0.6 is 22.9 Å². The SMILES string of the molecule is CC(NN1CCCCC1)c1csc(Cl)c1. The molecule has 1 N–H and O–H groups in total. The Bertz CT molecular complexity index is 307. The third-order valence-electron chi connectivity index (χ3n) is 2.82. The van der Waals surface area contributed by atoms with Gasteiger partial charge in [0.15, 0.2) is 0 Å². The Morgan fingerprint density at radius 3 is 2.73 bits per heavy atom. The Balaban J connectivity index is 1.88. The Morgan fingerprint density at radius 1 is 1.40 bits per heavy atom. The number of hydrogen-bond acceptors (Lipinski definition) is 3. The Morgan fingerprint density at radius 2 is 2.13 bits per heavy atom. The number of rotatable bonds is 3. The Hall–Kier alpha value is -0.0900. The molecule has 1 aromatic rings. The van der Waals surface area contributed by atoms with E-state index in [1.807, 2.05) is 6.07 Å². The predicted molar refractivity (Wildman–Crippen MR) is 66.3 cm³/mol. The molecule has 0 aliphatic carbocycles. The maximum Gasteiger partial charge on any atom is 0.0931 e. The predicted octanol–water partition coefficient (Wildman–Crippen LogP) is 3.45. The highest BCUT2D eigenvalue weighted by atomic mass is 35.5. The van der Waals surface area contributed by atoms with Crippen LogP contribution in [0.25, 0.3) is 0 Å². The third kappa shape index (κ3) is 3.18. The summed E-state index contributed by atoms with van der Waals surface area (Å²) in [6, 6.07) is 2.42. The number of piperidine rings is 1. The van der Waals surface area contributed by atoms with Crippen molar-refractivity contribution in [3.8, 4) is 0 Å². The van der Waals surface area contributed by atoms with Crippen LogP contribution in [0.2, 0.25) is 4.34 Å². The van der Waals surface area contributed by atoms with E-state index in [1.54, 1.807) is 11.3 Å². The summed E-state index contributed by atoms with van der Waals surface area (Å²) < 4.78 is 0.872. The number of hydrogen-bond donors (Lipinski definition) is 1. The monoisotopic (exact) mass is 244 g/mol. The number of thiophene rings is 1. The van der Waals surface area contributed by atoms with Crippen LogP contribution in [-0.2, 0) is 0 Å². The van der Waals surface area contributed by atoms with Crippen molar-refractivity contribution < 1.29 is 0 Å². The molecule has 15 heavy (non-hydrogen) atoms. The average Bonchev–Trinajstić information content (AvgIpc) is 2.66. The molecule has 0 bridgehead atoms. The normalized spacial score (nSPS) is 20.4. The molecule has 1 saturated heterocycles. The lowest BCUT2D eigenvalue weighted by Crippen LogP contribution is -2.42. The van der Waals surface area contributed by atoms with Crippen LogP contribution in [0.4, 0.5) is 0 Å². The van der Waals surface area contributed by atoms with Crippen molar-refractivity contribution in [2.75, 3.05) is 13.1 Å². The van der Waals surface area contributed by atoms with Crippen molar-refractivity contribution in [2.45, 2.75) is 32.2 Å². The van der Waals surface area contributed by atoms with Gasteiger partial charge in [-0.2, -0.15) is 0 Å². The van der Waals surface area contributed by atoms with E-state index in [4.69, 9.17) is 11.6 Å². The molecule has 0 aromatic carbocycles. The van der Waals surface area contributed by atoms with Gasteiger partial charge in [-0.1, -0.05) is 18.0 Å². The first kappa shape index (κ1) is 11.4. The minimum absolute atomic E-state index is 0.367. The number of nitrogens with zero attached hydrogens (tertiary/aromatic N) is 1. The van der Waals surface area contributed by atoms with Crippen molar-refractivity contribution >= 4 is 22.9 Å². The molecule has 84 valence electrons. The summed E-state index contributed by atoms with van der Waals surface area (Å²) in [4.78, 5) is 0. The molecule has 1 aliphatic heterocycles. The summed E-state index contributed by atoms with van der Waals surface area (Å²) >= 11 is 7.53. The van der Waals surface area contributed by atoms with Crippen LogP contribution in [0.5, 0.6) is 0 Å². The highest BCUT2D eigenvalue weighted by Gasteiger charge is 2.14. The second-order valence-corrected chi connectivity index (χ2v) is 5.63. The molecule has 1 atom stereocenters. The van der Waals surface area contributed by atoms with Crippen LogP contribution in [0, 0.1) is 0 Å². The van der Waals surface area contributed by atoms with Gasteiger partial charge in [0.1, 0.15) is 0 Å². The maximum atomic E-state index is 5.92. The number of nitrogens with one attached hydrogen (secondary N) is 1. The number of hydrazine groups is 1. The van der Waals surface area contributed by atoms with E-state index in [0.29, 0.717) is 6.04 Å². The molecule has 0 radical (unpaired) electrons. The molecule has 1 fully saturated rings. The van der Waals surface area contributed by atoms with Crippen molar-refractivity contribution in [3.63, 3.8) is 0 Å². The van der Waals surface area contributed by atoms with E-state index in [2.05, 4.69) is 22.7 Å². The van der Waals surface area contributed by atoms with Gasteiger partial charge < -0.3 is 0 Å². The maximum absolute atomic E-state index is 5.92. The first-order valence-electron chi connectivity index (χ1n) is 5.51. The van der Waals surface area contributed by atoms with E-state index in [1.165, 1.54) is 37.9 Å². The average molecular weight is 245 g/mol. The van der Waals surface area contributed by atoms with Gasteiger partial charge in [0.25, 0.3) is 0 Å². The molecule has 0 amide bonds. The van der Waals surface area contributed by atoms with Gasteiger partial charge in [0, 0.05) is 19.1 Å². The molecule has 0 spiro atoms. The Kier molecular flexibility index (Phi) is 4.03.